The highest BCUT2D eigenvalue weighted by Crippen LogP contribution is 2.35. The Morgan fingerprint density at radius 1 is 1.14 bits per heavy atom. The fourth-order valence-corrected chi connectivity index (χ4v) is 4.86. The predicted octanol–water partition coefficient (Wildman–Crippen LogP) is 3.76. The maximum atomic E-state index is 12.9. The minimum Gasteiger partial charge on any atom is -0.461 e. The molecule has 0 radical (unpaired) electrons. The SMILES string of the molecule is CC(C)(C)OC[C@H](NCc1cccc(-c2cc(C(N)=O)c(NC(N)=O)s2)c1)C(=O)OC1CCCC1. The first kappa shape index (κ1) is 26.7. The number of urea groups is 1. The van der Waals surface area contributed by atoms with E-state index in [4.69, 9.17) is 20.9 Å². The Bertz CT molecular complexity index is 1060. The maximum absolute atomic E-state index is 12.9. The summed E-state index contributed by atoms with van der Waals surface area (Å²) in [6.07, 6.45) is 3.95. The van der Waals surface area contributed by atoms with Crippen molar-refractivity contribution in [3.8, 4) is 10.4 Å². The topological polar surface area (TPSA) is 146 Å². The zero-order valence-corrected chi connectivity index (χ0v) is 21.2. The number of nitrogens with one attached hydrogen (secondary N) is 2. The number of amides is 3. The number of carbonyl (C=O) groups excluding carboxylic acids is 3. The molecule has 3 rings (SSSR count). The highest BCUT2D eigenvalue weighted by Gasteiger charge is 2.27. The Hall–Kier alpha value is -2.95. The zero-order chi connectivity index (χ0) is 25.6. The molecule has 1 aromatic heterocycles. The Morgan fingerprint density at radius 3 is 2.49 bits per heavy atom. The number of thiophene rings is 1. The van der Waals surface area contributed by atoms with E-state index < -0.39 is 18.0 Å². The number of benzene rings is 1. The van der Waals surface area contributed by atoms with Crippen LogP contribution in [-0.2, 0) is 20.8 Å². The molecule has 9 nitrogen and oxygen atoms in total. The van der Waals surface area contributed by atoms with E-state index in [-0.39, 0.29) is 29.8 Å². The number of esters is 1. The first-order valence-corrected chi connectivity index (χ1v) is 12.5. The van der Waals surface area contributed by atoms with Gasteiger partial charge in [-0.2, -0.15) is 0 Å². The summed E-state index contributed by atoms with van der Waals surface area (Å²) in [4.78, 5) is 36.7. The molecule has 1 aromatic carbocycles. The standard InChI is InChI=1S/C25H34N4O5S/c1-25(2,3)33-14-19(23(31)34-17-9-4-5-10-17)28-13-15-7-6-8-16(11-15)20-12-18(21(26)30)22(35-20)29-24(27)32/h6-8,11-12,17,19,28H,4-5,9-10,13-14H2,1-3H3,(H2,26,30)(H3,27,29,32)/t19-/m0/s1. The third kappa shape index (κ3) is 8.05. The molecular formula is C25H34N4O5S. The number of carbonyl (C=O) groups is 3. The lowest BCUT2D eigenvalue weighted by Crippen LogP contribution is -2.44. The fourth-order valence-electron chi connectivity index (χ4n) is 3.79. The molecule has 1 aliphatic carbocycles. The fraction of sp³-hybridized carbons (Fsp3) is 0.480. The number of primary amides is 2. The number of hydrogen-bond donors (Lipinski definition) is 4. The van der Waals surface area contributed by atoms with Crippen LogP contribution in [0.2, 0.25) is 0 Å². The summed E-state index contributed by atoms with van der Waals surface area (Å²) in [5.74, 6) is -0.958. The van der Waals surface area contributed by atoms with Crippen molar-refractivity contribution >= 4 is 34.2 Å². The number of rotatable bonds is 10. The average molecular weight is 503 g/mol. The lowest BCUT2D eigenvalue weighted by atomic mass is 10.1. The van der Waals surface area contributed by atoms with Gasteiger partial charge in [0.15, 0.2) is 0 Å². The van der Waals surface area contributed by atoms with Crippen molar-refractivity contribution in [2.75, 3.05) is 11.9 Å². The second-order valence-electron chi connectivity index (χ2n) is 9.61. The van der Waals surface area contributed by atoms with Crippen molar-refractivity contribution in [1.82, 2.24) is 5.32 Å². The largest absolute Gasteiger partial charge is 0.461 e. The maximum Gasteiger partial charge on any atom is 0.325 e. The molecule has 10 heteroatoms. The molecule has 1 atom stereocenters. The van der Waals surface area contributed by atoms with Gasteiger partial charge in [0.05, 0.1) is 17.8 Å². The molecule has 1 fully saturated rings. The second kappa shape index (κ2) is 11.7. The van der Waals surface area contributed by atoms with Crippen LogP contribution in [0.15, 0.2) is 30.3 Å². The van der Waals surface area contributed by atoms with E-state index in [1.54, 1.807) is 6.07 Å². The minimum absolute atomic E-state index is 0.0220. The Morgan fingerprint density at radius 2 is 1.86 bits per heavy atom. The van der Waals surface area contributed by atoms with Crippen LogP contribution in [0.25, 0.3) is 10.4 Å². The van der Waals surface area contributed by atoms with Crippen LogP contribution in [0.3, 0.4) is 0 Å². The van der Waals surface area contributed by atoms with Crippen LogP contribution in [0, 0.1) is 0 Å². The molecule has 0 aliphatic heterocycles. The smallest absolute Gasteiger partial charge is 0.325 e. The molecule has 3 amide bonds. The van der Waals surface area contributed by atoms with E-state index in [1.807, 2.05) is 45.0 Å². The average Bonchev–Trinajstić information content (AvgIpc) is 3.43. The summed E-state index contributed by atoms with van der Waals surface area (Å²) in [5, 5.41) is 6.03. The Labute approximate surface area is 209 Å². The van der Waals surface area contributed by atoms with E-state index >= 15 is 0 Å². The van der Waals surface area contributed by atoms with Crippen molar-refractivity contribution in [3.63, 3.8) is 0 Å². The van der Waals surface area contributed by atoms with Gasteiger partial charge >= 0.3 is 12.0 Å². The van der Waals surface area contributed by atoms with Crippen molar-refractivity contribution in [3.05, 3.63) is 41.5 Å². The van der Waals surface area contributed by atoms with Gasteiger partial charge in [-0.1, -0.05) is 18.2 Å². The molecule has 1 saturated carbocycles. The Kier molecular flexibility index (Phi) is 8.87. The van der Waals surface area contributed by atoms with Gasteiger partial charge in [0.25, 0.3) is 5.91 Å². The summed E-state index contributed by atoms with van der Waals surface area (Å²) >= 11 is 1.21. The second-order valence-corrected chi connectivity index (χ2v) is 10.7. The molecule has 0 spiro atoms. The monoisotopic (exact) mass is 502 g/mol. The summed E-state index contributed by atoms with van der Waals surface area (Å²) in [7, 11) is 0. The molecule has 0 saturated heterocycles. The van der Waals surface area contributed by atoms with Gasteiger partial charge in [-0.05, 0) is 69.7 Å². The first-order valence-electron chi connectivity index (χ1n) is 11.7. The van der Waals surface area contributed by atoms with E-state index in [0.717, 1.165) is 41.7 Å². The van der Waals surface area contributed by atoms with Gasteiger partial charge in [0, 0.05) is 11.4 Å². The summed E-state index contributed by atoms with van der Waals surface area (Å²) in [5.41, 5.74) is 12.2. The van der Waals surface area contributed by atoms with Crippen LogP contribution >= 0.6 is 11.3 Å². The van der Waals surface area contributed by atoms with Crippen molar-refractivity contribution in [1.29, 1.82) is 0 Å². The number of ether oxygens (including phenoxy) is 2. The van der Waals surface area contributed by atoms with Crippen LogP contribution in [0.4, 0.5) is 9.80 Å². The van der Waals surface area contributed by atoms with Crippen LogP contribution < -0.4 is 22.1 Å². The normalized spacial score (nSPS) is 15.1. The van der Waals surface area contributed by atoms with Crippen LogP contribution in [0.5, 0.6) is 0 Å². The highest BCUT2D eigenvalue weighted by molar-refractivity contribution is 7.20. The minimum atomic E-state index is -0.771. The van der Waals surface area contributed by atoms with Crippen molar-refractivity contribution < 1.29 is 23.9 Å². The van der Waals surface area contributed by atoms with Gasteiger partial charge in [0.1, 0.15) is 17.1 Å². The van der Waals surface area contributed by atoms with Crippen LogP contribution in [-0.4, -0.2) is 42.3 Å². The molecule has 35 heavy (non-hydrogen) atoms. The molecular weight excluding hydrogens is 468 g/mol. The quantitative estimate of drug-likeness (QED) is 0.364. The van der Waals surface area contributed by atoms with Gasteiger partial charge in [0.2, 0.25) is 0 Å². The predicted molar refractivity (Wildman–Crippen MR) is 136 cm³/mol. The third-order valence-electron chi connectivity index (χ3n) is 5.55. The molecule has 6 N–H and O–H groups in total. The summed E-state index contributed by atoms with van der Waals surface area (Å²) in [6.45, 7) is 6.44. The van der Waals surface area contributed by atoms with Gasteiger partial charge in [-0.15, -0.1) is 11.3 Å². The Balaban J connectivity index is 1.73. The molecule has 190 valence electrons. The molecule has 0 unspecified atom stereocenters. The molecule has 1 heterocycles. The van der Waals surface area contributed by atoms with Gasteiger partial charge in [-0.25, -0.2) is 4.79 Å². The molecule has 2 aromatic rings. The van der Waals surface area contributed by atoms with E-state index in [9.17, 15) is 14.4 Å². The van der Waals surface area contributed by atoms with Crippen LogP contribution in [0.1, 0.15) is 62.4 Å². The van der Waals surface area contributed by atoms with E-state index in [1.165, 1.54) is 11.3 Å². The van der Waals surface area contributed by atoms with E-state index in [2.05, 4.69) is 10.6 Å². The highest BCUT2D eigenvalue weighted by atomic mass is 32.1. The van der Waals surface area contributed by atoms with Gasteiger partial charge in [-0.3, -0.25) is 20.2 Å². The molecule has 0 bridgehead atoms. The van der Waals surface area contributed by atoms with E-state index in [0.29, 0.717) is 11.5 Å². The lowest BCUT2D eigenvalue weighted by Gasteiger charge is -2.25. The summed E-state index contributed by atoms with van der Waals surface area (Å²) < 4.78 is 11.6. The number of anilines is 1. The summed E-state index contributed by atoms with van der Waals surface area (Å²) in [6, 6.07) is 7.91. The van der Waals surface area contributed by atoms with Crippen molar-refractivity contribution in [2.45, 2.75) is 70.7 Å². The van der Waals surface area contributed by atoms with Gasteiger partial charge < -0.3 is 20.9 Å². The lowest BCUT2D eigenvalue weighted by molar-refractivity contribution is -0.154. The van der Waals surface area contributed by atoms with Crippen molar-refractivity contribution in [2.24, 2.45) is 11.5 Å². The third-order valence-corrected chi connectivity index (χ3v) is 6.65. The number of nitrogens with two attached hydrogens (primary N) is 2. The molecule has 1 aliphatic rings. The zero-order valence-electron chi connectivity index (χ0n) is 20.4. The number of hydrogen-bond acceptors (Lipinski definition) is 7. The first-order chi connectivity index (χ1) is 16.5.